The second kappa shape index (κ2) is 9.54. The highest BCUT2D eigenvalue weighted by atomic mass is 16.5. The molecule has 0 saturated carbocycles. The van der Waals surface area contributed by atoms with Gasteiger partial charge in [-0.1, -0.05) is 0 Å². The number of hydrogen-bond acceptors (Lipinski definition) is 8. The van der Waals surface area contributed by atoms with Crippen LogP contribution in [-0.2, 0) is 14.3 Å². The molecule has 0 aliphatic carbocycles. The molecule has 0 aromatic carbocycles. The summed E-state index contributed by atoms with van der Waals surface area (Å²) in [5.41, 5.74) is 1.67. The van der Waals surface area contributed by atoms with Crippen molar-refractivity contribution in [3.63, 3.8) is 0 Å². The van der Waals surface area contributed by atoms with Gasteiger partial charge in [0, 0.05) is 44.8 Å². The van der Waals surface area contributed by atoms with Gasteiger partial charge < -0.3 is 14.7 Å². The van der Waals surface area contributed by atoms with E-state index in [9.17, 15) is 14.7 Å². The van der Waals surface area contributed by atoms with Crippen LogP contribution in [0, 0.1) is 13.8 Å². The highest BCUT2D eigenvalue weighted by Crippen LogP contribution is 2.39. The number of likely N-dealkylation sites (tertiary alicyclic amines) is 1. The number of rotatable bonds is 6. The van der Waals surface area contributed by atoms with Crippen LogP contribution in [0.2, 0.25) is 0 Å². The molecule has 4 rings (SSSR count). The molecule has 2 fully saturated rings. The standard InChI is InChI=1S/C23H27N5O4/c1-15-18(14-25-16(2)26-15)21(29)19-20(17-4-6-24-7-5-17)28(23(31)22(19)30)9-3-8-27-10-12-32-13-11-27/h4-7,14,20,29H,3,8-13H2,1-2H3/t20-/m1/s1. The molecule has 1 amide bonds. The van der Waals surface area contributed by atoms with Crippen molar-refractivity contribution >= 4 is 17.4 Å². The predicted octanol–water partition coefficient (Wildman–Crippen LogP) is 1.63. The fourth-order valence-corrected chi connectivity index (χ4v) is 4.25. The minimum Gasteiger partial charge on any atom is -0.507 e. The highest BCUT2D eigenvalue weighted by molar-refractivity contribution is 6.46. The van der Waals surface area contributed by atoms with E-state index in [4.69, 9.17) is 4.74 Å². The van der Waals surface area contributed by atoms with E-state index in [-0.39, 0.29) is 11.3 Å². The van der Waals surface area contributed by atoms with Gasteiger partial charge in [-0.15, -0.1) is 0 Å². The molecule has 9 nitrogen and oxygen atoms in total. The van der Waals surface area contributed by atoms with Crippen LogP contribution in [0.1, 0.15) is 35.1 Å². The van der Waals surface area contributed by atoms with E-state index in [1.807, 2.05) is 0 Å². The Bertz CT molecular complexity index is 1030. The quantitative estimate of drug-likeness (QED) is 0.413. The van der Waals surface area contributed by atoms with Gasteiger partial charge in [-0.2, -0.15) is 0 Å². The van der Waals surface area contributed by atoms with E-state index >= 15 is 0 Å². The van der Waals surface area contributed by atoms with E-state index < -0.39 is 17.7 Å². The van der Waals surface area contributed by atoms with Crippen LogP contribution < -0.4 is 0 Å². The zero-order chi connectivity index (χ0) is 22.7. The molecule has 2 aromatic rings. The van der Waals surface area contributed by atoms with Gasteiger partial charge in [-0.05, 0) is 38.0 Å². The molecule has 1 atom stereocenters. The third-order valence-corrected chi connectivity index (χ3v) is 5.89. The average molecular weight is 438 g/mol. The maximum Gasteiger partial charge on any atom is 0.295 e. The third-order valence-electron chi connectivity index (χ3n) is 5.89. The number of aliphatic hydroxyl groups is 1. The van der Waals surface area contributed by atoms with Gasteiger partial charge in [-0.3, -0.25) is 19.5 Å². The summed E-state index contributed by atoms with van der Waals surface area (Å²) < 4.78 is 5.38. The fourth-order valence-electron chi connectivity index (χ4n) is 4.25. The summed E-state index contributed by atoms with van der Waals surface area (Å²) in [5, 5.41) is 11.1. The Labute approximate surface area is 186 Å². The molecule has 0 bridgehead atoms. The zero-order valence-corrected chi connectivity index (χ0v) is 18.3. The minimum atomic E-state index is -0.698. The number of aliphatic hydroxyl groups excluding tert-OH is 1. The van der Waals surface area contributed by atoms with Crippen molar-refractivity contribution in [3.8, 4) is 0 Å². The molecule has 2 aliphatic rings. The van der Waals surface area contributed by atoms with Crippen LogP contribution in [0.15, 0.2) is 36.3 Å². The van der Waals surface area contributed by atoms with Crippen molar-refractivity contribution in [2.24, 2.45) is 0 Å². The number of Topliss-reactive ketones (excluding diaryl/α,β-unsaturated/α-hetero) is 1. The first-order valence-corrected chi connectivity index (χ1v) is 10.8. The number of amides is 1. The molecule has 0 radical (unpaired) electrons. The van der Waals surface area contributed by atoms with Gasteiger partial charge in [-0.25, -0.2) is 9.97 Å². The summed E-state index contributed by atoms with van der Waals surface area (Å²) in [6, 6.07) is 2.83. The van der Waals surface area contributed by atoms with Crippen molar-refractivity contribution < 1.29 is 19.4 Å². The molecule has 32 heavy (non-hydrogen) atoms. The van der Waals surface area contributed by atoms with E-state index in [0.29, 0.717) is 43.3 Å². The molecule has 0 unspecified atom stereocenters. The Morgan fingerprint density at radius 3 is 2.56 bits per heavy atom. The number of carbonyl (C=O) groups excluding carboxylic acids is 2. The summed E-state index contributed by atoms with van der Waals surface area (Å²) in [4.78, 5) is 42.4. The number of nitrogens with zero attached hydrogens (tertiary/aromatic N) is 5. The molecule has 0 spiro atoms. The van der Waals surface area contributed by atoms with Gasteiger partial charge in [0.2, 0.25) is 0 Å². The molecule has 4 heterocycles. The van der Waals surface area contributed by atoms with E-state index in [1.54, 1.807) is 43.3 Å². The summed E-state index contributed by atoms with van der Waals surface area (Å²) in [5.74, 6) is -0.997. The smallest absolute Gasteiger partial charge is 0.295 e. The van der Waals surface area contributed by atoms with Crippen LogP contribution in [0.5, 0.6) is 0 Å². The average Bonchev–Trinajstić information content (AvgIpc) is 3.05. The van der Waals surface area contributed by atoms with Crippen molar-refractivity contribution in [1.82, 2.24) is 24.8 Å². The summed E-state index contributed by atoms with van der Waals surface area (Å²) in [6.07, 6.45) is 5.43. The monoisotopic (exact) mass is 437 g/mol. The third kappa shape index (κ3) is 4.39. The first kappa shape index (κ1) is 22.0. The molecular weight excluding hydrogens is 410 g/mol. The topological polar surface area (TPSA) is 109 Å². The second-order valence-corrected chi connectivity index (χ2v) is 8.00. The maximum atomic E-state index is 13.1. The van der Waals surface area contributed by atoms with Crippen molar-refractivity contribution in [2.75, 3.05) is 39.4 Å². The van der Waals surface area contributed by atoms with Gasteiger partial charge in [0.1, 0.15) is 11.6 Å². The van der Waals surface area contributed by atoms with Gasteiger partial charge in [0.25, 0.3) is 11.7 Å². The minimum absolute atomic E-state index is 0.0584. The number of morpholine rings is 1. The lowest BCUT2D eigenvalue weighted by atomic mass is 9.96. The number of hydrogen-bond donors (Lipinski definition) is 1. The van der Waals surface area contributed by atoms with Gasteiger partial charge in [0.15, 0.2) is 0 Å². The Morgan fingerprint density at radius 2 is 1.88 bits per heavy atom. The van der Waals surface area contributed by atoms with Crippen LogP contribution in [-0.4, -0.2) is 80.9 Å². The molecule has 9 heteroatoms. The normalized spacial score (nSPS) is 21.3. The Kier molecular flexibility index (Phi) is 6.57. The van der Waals surface area contributed by atoms with E-state index in [1.165, 1.54) is 6.20 Å². The Hall–Kier alpha value is -3.17. The van der Waals surface area contributed by atoms with E-state index in [0.717, 1.165) is 25.2 Å². The lowest BCUT2D eigenvalue weighted by Crippen LogP contribution is -2.38. The lowest BCUT2D eigenvalue weighted by molar-refractivity contribution is -0.140. The highest BCUT2D eigenvalue weighted by Gasteiger charge is 2.46. The van der Waals surface area contributed by atoms with Crippen molar-refractivity contribution in [2.45, 2.75) is 26.3 Å². The number of ketones is 1. The molecule has 1 N–H and O–H groups in total. The second-order valence-electron chi connectivity index (χ2n) is 8.00. The van der Waals surface area contributed by atoms with Crippen LogP contribution >= 0.6 is 0 Å². The summed E-state index contributed by atoms with van der Waals surface area (Å²) in [6.45, 7) is 7.83. The van der Waals surface area contributed by atoms with E-state index in [2.05, 4.69) is 19.9 Å². The number of ether oxygens (including phenoxy) is 1. The predicted molar refractivity (Wildman–Crippen MR) is 117 cm³/mol. The Morgan fingerprint density at radius 1 is 1.16 bits per heavy atom. The fraction of sp³-hybridized carbons (Fsp3) is 0.435. The number of aromatic nitrogens is 3. The molecule has 2 saturated heterocycles. The molecule has 2 aliphatic heterocycles. The van der Waals surface area contributed by atoms with Crippen molar-refractivity contribution in [3.05, 3.63) is 58.9 Å². The molecule has 168 valence electrons. The van der Waals surface area contributed by atoms with Gasteiger partial charge in [0.05, 0.1) is 36.1 Å². The molecular formula is C23H27N5O4. The number of carbonyl (C=O) groups is 2. The SMILES string of the molecule is Cc1ncc(C(O)=C2C(=O)C(=O)N(CCCN3CCOCC3)[C@@H]2c2ccncc2)c(C)n1. The first-order chi connectivity index (χ1) is 15.5. The molecule has 2 aromatic heterocycles. The van der Waals surface area contributed by atoms with Gasteiger partial charge >= 0.3 is 0 Å². The van der Waals surface area contributed by atoms with Crippen molar-refractivity contribution in [1.29, 1.82) is 0 Å². The number of aryl methyl sites for hydroxylation is 2. The van der Waals surface area contributed by atoms with Crippen LogP contribution in [0.3, 0.4) is 0 Å². The lowest BCUT2D eigenvalue weighted by Gasteiger charge is -2.29. The summed E-state index contributed by atoms with van der Waals surface area (Å²) >= 11 is 0. The largest absolute Gasteiger partial charge is 0.507 e. The van der Waals surface area contributed by atoms with Crippen LogP contribution in [0.25, 0.3) is 5.76 Å². The van der Waals surface area contributed by atoms with Crippen LogP contribution in [0.4, 0.5) is 0 Å². The maximum absolute atomic E-state index is 13.1. The Balaban J connectivity index is 1.67. The zero-order valence-electron chi connectivity index (χ0n) is 18.3. The number of pyridine rings is 1. The first-order valence-electron chi connectivity index (χ1n) is 10.8. The summed E-state index contributed by atoms with van der Waals surface area (Å²) in [7, 11) is 0.